The molecule has 0 amide bonds. The molecule has 26 heavy (non-hydrogen) atoms. The van der Waals surface area contributed by atoms with Crippen molar-refractivity contribution in [3.05, 3.63) is 65.2 Å². The molecule has 138 valence electrons. The highest BCUT2D eigenvalue weighted by molar-refractivity contribution is 9.10. The van der Waals surface area contributed by atoms with Gasteiger partial charge in [0.25, 0.3) is 10.1 Å². The predicted molar refractivity (Wildman–Crippen MR) is 110 cm³/mol. The highest BCUT2D eigenvalue weighted by Gasteiger charge is 2.48. The molecule has 0 aliphatic heterocycles. The number of alkyl halides is 1. The molecule has 0 saturated carbocycles. The van der Waals surface area contributed by atoms with Crippen molar-refractivity contribution in [1.29, 1.82) is 0 Å². The van der Waals surface area contributed by atoms with Gasteiger partial charge in [-0.2, -0.15) is 0 Å². The number of rotatable bonds is 8. The molecule has 4 nitrogen and oxygen atoms in total. The average molecular weight is 476 g/mol. The van der Waals surface area contributed by atoms with E-state index < -0.39 is 19.7 Å². The molecule has 2 atom stereocenters. The van der Waals surface area contributed by atoms with E-state index in [-0.39, 0.29) is 11.6 Å². The molecule has 0 fully saturated rings. The third-order valence-corrected chi connectivity index (χ3v) is 8.33. The van der Waals surface area contributed by atoms with Gasteiger partial charge in [0.2, 0.25) is 0 Å². The summed E-state index contributed by atoms with van der Waals surface area (Å²) in [5.74, 6) is -0.359. The molecule has 0 aromatic heterocycles. The lowest BCUT2D eigenvalue weighted by molar-refractivity contribution is -0.127. The van der Waals surface area contributed by atoms with Crippen molar-refractivity contribution >= 4 is 60.0 Å². The minimum atomic E-state index is -1.85. The maximum Gasteiger partial charge on any atom is 0.271 e. The van der Waals surface area contributed by atoms with Gasteiger partial charge >= 0.3 is 0 Å². The van der Waals surface area contributed by atoms with Crippen molar-refractivity contribution in [3.63, 3.8) is 0 Å². The van der Waals surface area contributed by atoms with Gasteiger partial charge in [0.15, 0.2) is 15.9 Å². The molecular formula is C18H16BrClO4S2. The second-order valence-electron chi connectivity index (χ2n) is 5.45. The summed E-state index contributed by atoms with van der Waals surface area (Å²) in [4.78, 5) is 24.5. The van der Waals surface area contributed by atoms with Crippen LogP contribution in [0.4, 0.5) is 0 Å². The van der Waals surface area contributed by atoms with E-state index in [0.717, 1.165) is 10.8 Å². The number of carbonyl (C=O) groups is 2. The normalized spacial score (nSPS) is 13.7. The van der Waals surface area contributed by atoms with Crippen molar-refractivity contribution < 1.29 is 18.0 Å². The summed E-state index contributed by atoms with van der Waals surface area (Å²) in [6.45, 7) is 2.66. The Morgan fingerprint density at radius 2 is 1.62 bits per heavy atom. The van der Waals surface area contributed by atoms with Crippen molar-refractivity contribution in [1.82, 2.24) is 0 Å². The summed E-state index contributed by atoms with van der Waals surface area (Å²) >= 11 is 9.14. The number of halogens is 2. The van der Waals surface area contributed by atoms with E-state index in [1.54, 1.807) is 48.5 Å². The Labute approximate surface area is 171 Å². The predicted octanol–water partition coefficient (Wildman–Crippen LogP) is 5.08. The van der Waals surface area contributed by atoms with Crippen molar-refractivity contribution in [2.45, 2.75) is 23.4 Å². The summed E-state index contributed by atoms with van der Waals surface area (Å²) < 4.78 is 16.5. The largest absolute Gasteiger partial charge is 0.393 e. The Hall–Kier alpha value is -1.15. The Bertz CT molecular complexity index is 798. The molecule has 2 aromatic carbocycles. The standard InChI is InChI=1S/C18H16BrClO4S2/c1-12(21)18(19,13(2)22)17(14-6-4-3-5-7-14)25-26(23)24-16-10-8-15(20)9-11-16/h3-11,17H,1-2H3. The number of ketones is 2. The van der Waals surface area contributed by atoms with Gasteiger partial charge in [-0.05, 0) is 54.5 Å². The van der Waals surface area contributed by atoms with E-state index in [1.807, 2.05) is 6.07 Å². The molecule has 8 heteroatoms. The third-order valence-electron chi connectivity index (χ3n) is 3.64. The first-order chi connectivity index (χ1) is 12.2. The van der Waals surface area contributed by atoms with Gasteiger partial charge in [0, 0.05) is 5.02 Å². The maximum atomic E-state index is 12.5. The van der Waals surface area contributed by atoms with Crippen molar-refractivity contribution in [3.8, 4) is 5.75 Å². The first-order valence-corrected chi connectivity index (χ1v) is 11.2. The number of carbonyl (C=O) groups excluding carboxylic acids is 2. The van der Waals surface area contributed by atoms with E-state index >= 15 is 0 Å². The third kappa shape index (κ3) is 4.97. The van der Waals surface area contributed by atoms with Crippen molar-refractivity contribution in [2.24, 2.45) is 0 Å². The summed E-state index contributed by atoms with van der Waals surface area (Å²) in [5, 5.41) is -0.197. The van der Waals surface area contributed by atoms with Crippen LogP contribution in [0.15, 0.2) is 54.6 Å². The highest BCUT2D eigenvalue weighted by atomic mass is 79.9. The first kappa shape index (κ1) is 21.2. The van der Waals surface area contributed by atoms with Crippen LogP contribution < -0.4 is 4.18 Å². The second kappa shape index (κ2) is 9.17. The zero-order valence-electron chi connectivity index (χ0n) is 14.0. The van der Waals surface area contributed by atoms with Gasteiger partial charge in [-0.1, -0.05) is 57.9 Å². The van der Waals surface area contributed by atoms with Crippen LogP contribution in [0.2, 0.25) is 5.02 Å². The minimum absolute atomic E-state index is 0.366. The molecule has 0 saturated heterocycles. The van der Waals surface area contributed by atoms with E-state index in [9.17, 15) is 13.8 Å². The van der Waals surface area contributed by atoms with E-state index in [2.05, 4.69) is 15.9 Å². The molecule has 0 aliphatic carbocycles. The second-order valence-corrected chi connectivity index (χ2v) is 9.77. The molecular weight excluding hydrogens is 460 g/mol. The molecule has 2 rings (SSSR count). The number of Topliss-reactive ketones (excluding diaryl/α,β-unsaturated/α-hetero) is 2. The molecule has 0 spiro atoms. The topological polar surface area (TPSA) is 60.4 Å². The fourth-order valence-electron chi connectivity index (χ4n) is 2.26. The molecule has 0 heterocycles. The van der Waals surface area contributed by atoms with Crippen LogP contribution in [-0.2, 0) is 19.7 Å². The quantitative estimate of drug-likeness (QED) is 0.302. The molecule has 0 radical (unpaired) electrons. The SMILES string of the molecule is CC(=O)C(Br)(C(C)=O)C(SS(=O)Oc1ccc(Cl)cc1)c1ccccc1. The summed E-state index contributed by atoms with van der Waals surface area (Å²) in [5.41, 5.74) is 0.688. The summed E-state index contributed by atoms with van der Waals surface area (Å²) in [6, 6.07) is 15.4. The van der Waals surface area contributed by atoms with Gasteiger partial charge in [-0.3, -0.25) is 9.59 Å². The van der Waals surface area contributed by atoms with Crippen LogP contribution in [0.5, 0.6) is 5.75 Å². The van der Waals surface area contributed by atoms with E-state index in [4.69, 9.17) is 15.8 Å². The first-order valence-electron chi connectivity index (χ1n) is 7.54. The van der Waals surface area contributed by atoms with Crippen LogP contribution >= 0.6 is 38.3 Å². The fraction of sp³-hybridized carbons (Fsp3) is 0.222. The van der Waals surface area contributed by atoms with Gasteiger partial charge in [0.05, 0.1) is 5.25 Å². The molecule has 2 unspecified atom stereocenters. The van der Waals surface area contributed by atoms with Gasteiger partial charge < -0.3 is 4.18 Å². The number of hydrogen-bond acceptors (Lipinski definition) is 5. The lowest BCUT2D eigenvalue weighted by Gasteiger charge is -2.30. The Morgan fingerprint density at radius 3 is 2.12 bits per heavy atom. The minimum Gasteiger partial charge on any atom is -0.393 e. The van der Waals surface area contributed by atoms with Crippen LogP contribution in [0.1, 0.15) is 24.7 Å². The Kier molecular flexibility index (Phi) is 7.46. The van der Waals surface area contributed by atoms with Crippen LogP contribution in [0.3, 0.4) is 0 Å². The zero-order valence-corrected chi connectivity index (χ0v) is 18.0. The highest BCUT2D eigenvalue weighted by Crippen LogP contribution is 2.47. The molecule has 0 bridgehead atoms. The number of hydrogen-bond donors (Lipinski definition) is 0. The maximum absolute atomic E-state index is 12.5. The van der Waals surface area contributed by atoms with E-state index in [0.29, 0.717) is 16.3 Å². The molecule has 0 N–H and O–H groups in total. The van der Waals surface area contributed by atoms with Crippen molar-refractivity contribution in [2.75, 3.05) is 0 Å². The fourth-order valence-corrected chi connectivity index (χ4v) is 6.09. The van der Waals surface area contributed by atoms with Gasteiger partial charge in [-0.25, -0.2) is 4.21 Å². The van der Waals surface area contributed by atoms with Crippen LogP contribution in [0, 0.1) is 0 Å². The van der Waals surface area contributed by atoms with E-state index in [1.165, 1.54) is 13.8 Å². The Balaban J connectivity index is 2.32. The number of benzene rings is 2. The van der Waals surface area contributed by atoms with Crippen LogP contribution in [0.25, 0.3) is 0 Å². The monoisotopic (exact) mass is 474 g/mol. The molecule has 2 aromatic rings. The van der Waals surface area contributed by atoms with Gasteiger partial charge in [0.1, 0.15) is 5.75 Å². The Morgan fingerprint density at radius 1 is 1.08 bits per heavy atom. The smallest absolute Gasteiger partial charge is 0.271 e. The zero-order chi connectivity index (χ0) is 19.3. The average Bonchev–Trinajstić information content (AvgIpc) is 2.61. The van der Waals surface area contributed by atoms with Crippen LogP contribution in [-0.4, -0.2) is 20.1 Å². The lowest BCUT2D eigenvalue weighted by atomic mass is 9.91. The lowest BCUT2D eigenvalue weighted by Crippen LogP contribution is -2.42. The van der Waals surface area contributed by atoms with Gasteiger partial charge in [-0.15, -0.1) is 0 Å². The summed E-state index contributed by atoms with van der Waals surface area (Å²) in [7, 11) is -0.960. The summed E-state index contributed by atoms with van der Waals surface area (Å²) in [6.07, 6.45) is 0. The molecule has 0 aliphatic rings.